The van der Waals surface area contributed by atoms with Gasteiger partial charge in [0.05, 0.1) is 25.5 Å². The van der Waals surface area contributed by atoms with Crippen molar-refractivity contribution >= 4 is 39.9 Å². The zero-order valence-corrected chi connectivity index (χ0v) is 21.7. The van der Waals surface area contributed by atoms with Gasteiger partial charge in [-0.2, -0.15) is 0 Å². The van der Waals surface area contributed by atoms with Gasteiger partial charge in [0.2, 0.25) is 5.95 Å². The van der Waals surface area contributed by atoms with E-state index in [4.69, 9.17) is 14.5 Å². The number of rotatable bonds is 1. The lowest BCUT2D eigenvalue weighted by atomic mass is 10.1. The molecule has 1 saturated heterocycles. The molecule has 3 aliphatic rings. The Morgan fingerprint density at radius 1 is 1.00 bits per heavy atom. The van der Waals surface area contributed by atoms with Gasteiger partial charge in [0.1, 0.15) is 6.23 Å². The summed E-state index contributed by atoms with van der Waals surface area (Å²) in [6.07, 6.45) is 2.90. The number of aliphatic hydroxyl groups excluding tert-OH is 1. The summed E-state index contributed by atoms with van der Waals surface area (Å²) in [6.45, 7) is 5.12. The van der Waals surface area contributed by atoms with Crippen molar-refractivity contribution in [3.8, 4) is 11.3 Å². The predicted molar refractivity (Wildman–Crippen MR) is 145 cm³/mol. The van der Waals surface area contributed by atoms with Gasteiger partial charge in [0, 0.05) is 52.0 Å². The molecule has 35 heavy (non-hydrogen) atoms. The molecule has 1 unspecified atom stereocenters. The molecule has 184 valence electrons. The summed E-state index contributed by atoms with van der Waals surface area (Å²) < 4.78 is 12.6. The van der Waals surface area contributed by atoms with Crippen molar-refractivity contribution in [1.29, 1.82) is 0 Å². The van der Waals surface area contributed by atoms with E-state index in [1.165, 1.54) is 5.69 Å². The third-order valence-electron chi connectivity index (χ3n) is 6.24. The second-order valence-electron chi connectivity index (χ2n) is 8.69. The van der Waals surface area contributed by atoms with Crippen LogP contribution in [-0.2, 0) is 16.1 Å². The van der Waals surface area contributed by atoms with Crippen LogP contribution in [0, 0.1) is 3.57 Å². The van der Waals surface area contributed by atoms with E-state index in [-0.39, 0.29) is 0 Å². The second-order valence-corrected chi connectivity index (χ2v) is 9.85. The third kappa shape index (κ3) is 6.10. The predicted octanol–water partition coefficient (Wildman–Crippen LogP) is 4.22. The summed E-state index contributed by atoms with van der Waals surface area (Å²) in [5, 5.41) is 17.2. The van der Waals surface area contributed by atoms with Crippen LogP contribution in [-0.4, -0.2) is 54.5 Å². The van der Waals surface area contributed by atoms with E-state index in [1.807, 2.05) is 24.3 Å². The van der Waals surface area contributed by atoms with Crippen molar-refractivity contribution in [3.05, 3.63) is 63.4 Å². The largest absolute Gasteiger partial charge is 0.378 e. The van der Waals surface area contributed by atoms with E-state index in [1.54, 1.807) is 6.20 Å². The Morgan fingerprint density at radius 3 is 2.74 bits per heavy atom. The highest BCUT2D eigenvalue weighted by molar-refractivity contribution is 14.1. The summed E-state index contributed by atoms with van der Waals surface area (Å²) in [6, 6.07) is 14.2. The van der Waals surface area contributed by atoms with Crippen LogP contribution in [0.15, 0.2) is 48.7 Å². The fraction of sp³-hybridized carbons (Fsp3) is 0.385. The number of nitrogens with zero attached hydrogens (tertiary/aromatic N) is 3. The van der Waals surface area contributed by atoms with Crippen LogP contribution in [0.25, 0.3) is 11.3 Å². The average Bonchev–Trinajstić information content (AvgIpc) is 2.88. The highest BCUT2D eigenvalue weighted by Crippen LogP contribution is 2.29. The number of ether oxygens (including phenoxy) is 2. The molecule has 3 aliphatic heterocycles. The Balaban J connectivity index is 1.47. The van der Waals surface area contributed by atoms with Gasteiger partial charge < -0.3 is 24.8 Å². The van der Waals surface area contributed by atoms with Crippen molar-refractivity contribution in [2.24, 2.45) is 0 Å². The van der Waals surface area contributed by atoms with Gasteiger partial charge in [-0.15, -0.1) is 0 Å². The standard InChI is InChI=1S/C26H30IN5O3/c27-22-16-18-3-5-21(22)23-7-9-29-26(31-23)30-20-4-6-24(32-10-13-34-14-11-32)19(15-20)17-35-12-2-1-8-28-25(18)33/h3-7,9,15-16,25,28,33H,1-2,8,10-14,17H2,(H,29,30,31). The van der Waals surface area contributed by atoms with Crippen LogP contribution in [0.1, 0.15) is 30.2 Å². The molecule has 2 aromatic carbocycles. The Labute approximate surface area is 219 Å². The minimum absolute atomic E-state index is 0.529. The summed E-state index contributed by atoms with van der Waals surface area (Å²) >= 11 is 2.30. The normalized spacial score (nSPS) is 19.4. The van der Waals surface area contributed by atoms with E-state index in [2.05, 4.69) is 61.3 Å². The van der Waals surface area contributed by atoms with Gasteiger partial charge in [0.25, 0.3) is 0 Å². The number of hydrogen-bond donors (Lipinski definition) is 3. The molecule has 6 bridgehead atoms. The molecule has 8 nitrogen and oxygen atoms in total. The molecule has 3 aromatic rings. The molecule has 1 atom stereocenters. The number of nitrogens with one attached hydrogen (secondary N) is 2. The fourth-order valence-corrected chi connectivity index (χ4v) is 5.18. The molecule has 0 amide bonds. The van der Waals surface area contributed by atoms with E-state index >= 15 is 0 Å². The lowest BCUT2D eigenvalue weighted by Gasteiger charge is -2.31. The Bertz CT molecular complexity index is 1160. The van der Waals surface area contributed by atoms with Gasteiger partial charge in [0.15, 0.2) is 0 Å². The van der Waals surface area contributed by atoms with E-state index in [0.29, 0.717) is 19.2 Å². The first-order chi connectivity index (χ1) is 17.2. The maximum atomic E-state index is 10.6. The number of aliphatic hydroxyl groups is 1. The zero-order valence-electron chi connectivity index (χ0n) is 19.5. The highest BCUT2D eigenvalue weighted by atomic mass is 127. The lowest BCUT2D eigenvalue weighted by molar-refractivity contribution is 0.110. The van der Waals surface area contributed by atoms with E-state index in [9.17, 15) is 5.11 Å². The maximum Gasteiger partial charge on any atom is 0.227 e. The average molecular weight is 587 g/mol. The number of fused-ring (bicyclic) bond motifs is 9. The summed E-state index contributed by atoms with van der Waals surface area (Å²) in [7, 11) is 0. The minimum atomic E-state index is -0.708. The number of aromatic nitrogens is 2. The molecule has 6 rings (SSSR count). The first kappa shape index (κ1) is 24.4. The van der Waals surface area contributed by atoms with Crippen LogP contribution in [0.5, 0.6) is 0 Å². The minimum Gasteiger partial charge on any atom is -0.378 e. The maximum absolute atomic E-state index is 10.6. The molecule has 0 aliphatic carbocycles. The van der Waals surface area contributed by atoms with Crippen molar-refractivity contribution < 1.29 is 14.6 Å². The topological polar surface area (TPSA) is 91.8 Å². The second kappa shape index (κ2) is 11.6. The summed E-state index contributed by atoms with van der Waals surface area (Å²) in [4.78, 5) is 11.6. The SMILES string of the molecule is OC1NCCCCOCc2cc(ccc2N2CCOCC2)Nc2nccc(n2)-c2ccc1cc2I. The Morgan fingerprint density at radius 2 is 1.89 bits per heavy atom. The van der Waals surface area contributed by atoms with E-state index in [0.717, 1.165) is 77.3 Å². The molecular weight excluding hydrogens is 557 g/mol. The molecule has 0 spiro atoms. The van der Waals surface area contributed by atoms with Gasteiger partial charge in [-0.05, 0) is 77.9 Å². The lowest BCUT2D eigenvalue weighted by Crippen LogP contribution is -2.36. The van der Waals surface area contributed by atoms with Gasteiger partial charge in [-0.3, -0.25) is 5.32 Å². The van der Waals surface area contributed by atoms with Crippen molar-refractivity contribution in [2.45, 2.75) is 25.7 Å². The summed E-state index contributed by atoms with van der Waals surface area (Å²) in [5.41, 5.74) is 5.90. The molecule has 1 aromatic heterocycles. The molecule has 0 saturated carbocycles. The molecule has 4 heterocycles. The first-order valence-electron chi connectivity index (χ1n) is 12.0. The molecule has 9 heteroatoms. The molecule has 3 N–H and O–H groups in total. The van der Waals surface area contributed by atoms with E-state index < -0.39 is 6.23 Å². The molecule has 1 fully saturated rings. The number of morpholine rings is 1. The van der Waals surface area contributed by atoms with Crippen LogP contribution in [0.2, 0.25) is 0 Å². The number of benzene rings is 2. The van der Waals surface area contributed by atoms with Crippen molar-refractivity contribution in [1.82, 2.24) is 15.3 Å². The Hall–Kier alpha value is -2.31. The van der Waals surface area contributed by atoms with Crippen LogP contribution < -0.4 is 15.5 Å². The first-order valence-corrected chi connectivity index (χ1v) is 13.1. The number of anilines is 3. The van der Waals surface area contributed by atoms with Crippen LogP contribution in [0.3, 0.4) is 0 Å². The number of halogens is 1. The monoisotopic (exact) mass is 587 g/mol. The van der Waals surface area contributed by atoms with Gasteiger partial charge >= 0.3 is 0 Å². The number of hydrogen-bond acceptors (Lipinski definition) is 8. The quantitative estimate of drug-likeness (QED) is 0.365. The Kier molecular flexibility index (Phi) is 8.09. The van der Waals surface area contributed by atoms with Crippen molar-refractivity contribution in [2.75, 3.05) is 49.7 Å². The third-order valence-corrected chi connectivity index (χ3v) is 7.13. The van der Waals surface area contributed by atoms with Crippen LogP contribution >= 0.6 is 22.6 Å². The highest BCUT2D eigenvalue weighted by Gasteiger charge is 2.17. The smallest absolute Gasteiger partial charge is 0.227 e. The molecule has 0 radical (unpaired) electrons. The fourth-order valence-electron chi connectivity index (χ4n) is 4.37. The van der Waals surface area contributed by atoms with Crippen LogP contribution in [0.4, 0.5) is 17.3 Å². The van der Waals surface area contributed by atoms with Gasteiger partial charge in [-0.1, -0.05) is 12.1 Å². The van der Waals surface area contributed by atoms with Gasteiger partial charge in [-0.25, -0.2) is 9.97 Å². The zero-order chi connectivity index (χ0) is 24.0. The summed E-state index contributed by atoms with van der Waals surface area (Å²) in [5.74, 6) is 0.535. The van der Waals surface area contributed by atoms with Crippen molar-refractivity contribution in [3.63, 3.8) is 0 Å². The molecular formula is C26H30IN5O3.